The molecule has 144 valence electrons. The van der Waals surface area contributed by atoms with E-state index in [4.69, 9.17) is 17.0 Å². The van der Waals surface area contributed by atoms with Crippen LogP contribution in [0.5, 0.6) is 0 Å². The maximum atomic E-state index is 13.2. The van der Waals surface area contributed by atoms with Crippen LogP contribution < -0.4 is 5.56 Å². The Morgan fingerprint density at radius 2 is 2.00 bits per heavy atom. The van der Waals surface area contributed by atoms with Gasteiger partial charge in [0.05, 0.1) is 24.1 Å². The second kappa shape index (κ2) is 7.29. The Bertz CT molecular complexity index is 1170. The van der Waals surface area contributed by atoms with Crippen LogP contribution in [0.25, 0.3) is 10.9 Å². The highest BCUT2D eigenvalue weighted by atomic mass is 32.1. The van der Waals surface area contributed by atoms with Crippen molar-refractivity contribution in [1.82, 2.24) is 14.5 Å². The molecule has 4 rings (SSSR count). The zero-order valence-corrected chi connectivity index (χ0v) is 16.0. The standard InChI is InChI=1S/C20H18FN3O3S/c1-23-19(26)15-7-4-13(10-16(15)22-20(23)28)18(25)24-8-9-27-17(11-24)12-2-5-14(21)6-3-12/h2-7,10,17H,8-9,11H2,1H3,(H,22,28). The maximum Gasteiger partial charge on any atom is 0.261 e. The Labute approximate surface area is 165 Å². The van der Waals surface area contributed by atoms with Crippen LogP contribution >= 0.6 is 12.2 Å². The van der Waals surface area contributed by atoms with E-state index in [0.29, 0.717) is 40.9 Å². The van der Waals surface area contributed by atoms with Gasteiger partial charge in [0.2, 0.25) is 0 Å². The molecule has 1 aliphatic heterocycles. The van der Waals surface area contributed by atoms with E-state index in [1.165, 1.54) is 16.7 Å². The van der Waals surface area contributed by atoms with E-state index in [1.54, 1.807) is 42.3 Å². The molecule has 0 bridgehead atoms. The van der Waals surface area contributed by atoms with E-state index < -0.39 is 0 Å². The molecule has 1 fully saturated rings. The largest absolute Gasteiger partial charge is 0.370 e. The maximum absolute atomic E-state index is 13.2. The van der Waals surface area contributed by atoms with Crippen LogP contribution in [0.15, 0.2) is 47.3 Å². The van der Waals surface area contributed by atoms with E-state index in [0.717, 1.165) is 5.56 Å². The van der Waals surface area contributed by atoms with Crippen molar-refractivity contribution in [2.24, 2.45) is 7.05 Å². The molecule has 0 aliphatic carbocycles. The predicted octanol–water partition coefficient (Wildman–Crippen LogP) is 2.95. The third kappa shape index (κ3) is 3.36. The molecule has 8 heteroatoms. The number of fused-ring (bicyclic) bond motifs is 1. The molecule has 1 aliphatic rings. The van der Waals surface area contributed by atoms with Gasteiger partial charge in [0, 0.05) is 19.2 Å². The van der Waals surface area contributed by atoms with Gasteiger partial charge in [-0.3, -0.25) is 14.2 Å². The lowest BCUT2D eigenvalue weighted by Gasteiger charge is -2.33. The van der Waals surface area contributed by atoms with Crippen molar-refractivity contribution in [1.29, 1.82) is 0 Å². The molecule has 1 amide bonds. The van der Waals surface area contributed by atoms with Gasteiger partial charge >= 0.3 is 0 Å². The second-order valence-corrected chi connectivity index (χ2v) is 7.10. The fourth-order valence-electron chi connectivity index (χ4n) is 3.33. The Morgan fingerprint density at radius 1 is 1.25 bits per heavy atom. The first kappa shape index (κ1) is 18.5. The summed E-state index contributed by atoms with van der Waals surface area (Å²) in [6, 6.07) is 11.0. The van der Waals surface area contributed by atoms with Gasteiger partial charge in [-0.05, 0) is 48.1 Å². The van der Waals surface area contributed by atoms with Gasteiger partial charge in [-0.15, -0.1) is 0 Å². The van der Waals surface area contributed by atoms with Crippen LogP contribution in [0, 0.1) is 10.6 Å². The lowest BCUT2D eigenvalue weighted by molar-refractivity contribution is -0.0228. The molecule has 0 spiro atoms. The van der Waals surface area contributed by atoms with Gasteiger partial charge in [-0.1, -0.05) is 12.1 Å². The first-order valence-electron chi connectivity index (χ1n) is 8.83. The molecule has 0 radical (unpaired) electrons. The molecule has 1 atom stereocenters. The number of nitrogens with one attached hydrogen (secondary N) is 1. The number of halogens is 1. The minimum Gasteiger partial charge on any atom is -0.370 e. The molecule has 2 aromatic carbocycles. The number of morpholine rings is 1. The van der Waals surface area contributed by atoms with Crippen molar-refractivity contribution in [3.63, 3.8) is 0 Å². The smallest absolute Gasteiger partial charge is 0.261 e. The highest BCUT2D eigenvalue weighted by Crippen LogP contribution is 2.24. The van der Waals surface area contributed by atoms with E-state index in [9.17, 15) is 14.0 Å². The number of amides is 1. The van der Waals surface area contributed by atoms with Gasteiger partial charge in [0.1, 0.15) is 11.9 Å². The zero-order chi connectivity index (χ0) is 19.8. The van der Waals surface area contributed by atoms with Crippen LogP contribution in [0.1, 0.15) is 22.0 Å². The van der Waals surface area contributed by atoms with Crippen LogP contribution in [0.2, 0.25) is 0 Å². The third-order valence-corrected chi connectivity index (χ3v) is 5.32. The number of benzene rings is 2. The minimum atomic E-state index is -0.313. The van der Waals surface area contributed by atoms with Crippen LogP contribution in [0.3, 0.4) is 0 Å². The average molecular weight is 399 g/mol. The summed E-state index contributed by atoms with van der Waals surface area (Å²) in [4.78, 5) is 30.0. The SMILES string of the molecule is Cn1c(=S)[nH]c2cc(C(=O)N3CCOC(c4ccc(F)cc4)C3)ccc2c1=O. The first-order valence-corrected chi connectivity index (χ1v) is 9.24. The molecule has 2 heterocycles. The summed E-state index contributed by atoms with van der Waals surface area (Å²) in [6.07, 6.45) is -0.308. The minimum absolute atomic E-state index is 0.155. The van der Waals surface area contributed by atoms with Gasteiger partial charge in [0.25, 0.3) is 11.5 Å². The first-order chi connectivity index (χ1) is 13.4. The average Bonchev–Trinajstić information content (AvgIpc) is 2.72. The fourth-order valence-corrected chi connectivity index (χ4v) is 3.53. The topological polar surface area (TPSA) is 67.3 Å². The molecule has 1 saturated heterocycles. The molecular weight excluding hydrogens is 381 g/mol. The van der Waals surface area contributed by atoms with Gasteiger partial charge in [0.15, 0.2) is 4.77 Å². The number of nitrogens with zero attached hydrogens (tertiary/aromatic N) is 2. The van der Waals surface area contributed by atoms with Crippen molar-refractivity contribution < 1.29 is 13.9 Å². The quantitative estimate of drug-likeness (QED) is 0.673. The Hall–Kier alpha value is -2.84. The van der Waals surface area contributed by atoms with Crippen molar-refractivity contribution in [2.45, 2.75) is 6.10 Å². The number of rotatable bonds is 2. The second-order valence-electron chi connectivity index (χ2n) is 6.72. The normalized spacial score (nSPS) is 17.1. The van der Waals surface area contributed by atoms with Crippen molar-refractivity contribution in [2.75, 3.05) is 19.7 Å². The van der Waals surface area contributed by atoms with Crippen molar-refractivity contribution in [3.05, 3.63) is 74.5 Å². The number of carbonyl (C=O) groups excluding carboxylic acids is 1. The number of hydrogen-bond acceptors (Lipinski definition) is 4. The van der Waals surface area contributed by atoms with E-state index in [1.807, 2.05) is 0 Å². The molecule has 1 aromatic heterocycles. The number of hydrogen-bond donors (Lipinski definition) is 1. The summed E-state index contributed by atoms with van der Waals surface area (Å²) < 4.78 is 20.6. The van der Waals surface area contributed by atoms with Crippen molar-refractivity contribution in [3.8, 4) is 0 Å². The summed E-state index contributed by atoms with van der Waals surface area (Å²) >= 11 is 5.15. The molecule has 0 saturated carbocycles. The summed E-state index contributed by atoms with van der Waals surface area (Å²) in [5, 5.41) is 0.471. The van der Waals surface area contributed by atoms with Crippen LogP contribution in [-0.2, 0) is 11.8 Å². The summed E-state index contributed by atoms with van der Waals surface area (Å²) in [6.45, 7) is 1.22. The lowest BCUT2D eigenvalue weighted by atomic mass is 10.1. The molecular formula is C20H18FN3O3S. The Balaban J connectivity index is 1.61. The van der Waals surface area contributed by atoms with E-state index in [-0.39, 0.29) is 23.4 Å². The predicted molar refractivity (Wildman–Crippen MR) is 105 cm³/mol. The molecule has 6 nitrogen and oxygen atoms in total. The molecule has 1 N–H and O–H groups in total. The number of aromatic amines is 1. The van der Waals surface area contributed by atoms with Crippen LogP contribution in [0.4, 0.5) is 4.39 Å². The molecule has 28 heavy (non-hydrogen) atoms. The Morgan fingerprint density at radius 3 is 2.75 bits per heavy atom. The lowest BCUT2D eigenvalue weighted by Crippen LogP contribution is -2.42. The third-order valence-electron chi connectivity index (χ3n) is 4.94. The highest BCUT2D eigenvalue weighted by Gasteiger charge is 2.26. The summed E-state index contributed by atoms with van der Waals surface area (Å²) in [5.41, 5.74) is 1.61. The highest BCUT2D eigenvalue weighted by molar-refractivity contribution is 7.71. The summed E-state index contributed by atoms with van der Waals surface area (Å²) in [7, 11) is 1.60. The monoisotopic (exact) mass is 399 g/mol. The Kier molecular flexibility index (Phi) is 4.82. The van der Waals surface area contributed by atoms with Crippen LogP contribution in [-0.4, -0.2) is 40.1 Å². The van der Waals surface area contributed by atoms with Crippen molar-refractivity contribution >= 4 is 29.0 Å². The number of H-pyrrole nitrogens is 1. The zero-order valence-electron chi connectivity index (χ0n) is 15.1. The van der Waals surface area contributed by atoms with E-state index >= 15 is 0 Å². The number of carbonyl (C=O) groups is 1. The van der Waals surface area contributed by atoms with Gasteiger partial charge < -0.3 is 14.6 Å². The van der Waals surface area contributed by atoms with E-state index in [2.05, 4.69) is 4.98 Å². The number of aromatic nitrogens is 2. The summed E-state index contributed by atoms with van der Waals surface area (Å²) in [5.74, 6) is -0.468. The molecule has 1 unspecified atom stereocenters. The number of ether oxygens (including phenoxy) is 1. The van der Waals surface area contributed by atoms with Gasteiger partial charge in [-0.25, -0.2) is 4.39 Å². The van der Waals surface area contributed by atoms with Gasteiger partial charge in [-0.2, -0.15) is 0 Å². The fraction of sp³-hybridized carbons (Fsp3) is 0.250. The molecule has 3 aromatic rings.